The van der Waals surface area contributed by atoms with Crippen LogP contribution in [0.1, 0.15) is 42.9 Å². The number of ether oxygens (including phenoxy) is 2. The van der Waals surface area contributed by atoms with Crippen molar-refractivity contribution >= 4 is 28.7 Å². The number of aryl methyl sites for hydroxylation is 2. The van der Waals surface area contributed by atoms with Gasteiger partial charge < -0.3 is 24.5 Å². The van der Waals surface area contributed by atoms with E-state index in [1.54, 1.807) is 6.92 Å². The number of aliphatic carboxylic acids is 1. The molecular formula is C36H41N3O6. The predicted molar refractivity (Wildman–Crippen MR) is 172 cm³/mol. The van der Waals surface area contributed by atoms with Gasteiger partial charge >= 0.3 is 11.9 Å². The second-order valence-electron chi connectivity index (χ2n) is 11.4. The molecule has 4 aromatic rings. The minimum atomic E-state index is -1.07. The highest BCUT2D eigenvalue weighted by Gasteiger charge is 2.43. The number of carbonyl (C=O) groups excluding carboxylic acids is 2. The van der Waals surface area contributed by atoms with Crippen molar-refractivity contribution in [3.63, 3.8) is 0 Å². The molecule has 9 heteroatoms. The van der Waals surface area contributed by atoms with Gasteiger partial charge in [-0.1, -0.05) is 78.9 Å². The zero-order chi connectivity index (χ0) is 31.6. The number of hydrogen-bond acceptors (Lipinski definition) is 6. The minimum Gasteiger partial charge on any atom is -0.480 e. The number of carboxylic acid groups (broad SMARTS) is 1. The van der Waals surface area contributed by atoms with Gasteiger partial charge in [0.2, 0.25) is 5.91 Å². The molecule has 236 valence electrons. The standard InChI is InChI=1S/C36H41N3O6/c1-2-44-36(43)32(19-17-25-11-5-3-6-12-25)38-31(20-18-27-22-37-30-16-10-9-15-29(27)30)34(40)39-23-28(21-33(39)35(41)42)45-24-26-13-7-4-8-14-26/h3-16,22,28,31-33,37-38H,2,17-21,23-24H2,1H3,(H,41,42)/t28?,31?,32?,33-/m0/s1. The topological polar surface area (TPSA) is 121 Å². The average Bonchev–Trinajstić information content (AvgIpc) is 3.69. The number of aromatic nitrogens is 1. The molecule has 3 aromatic carbocycles. The molecule has 1 fully saturated rings. The van der Waals surface area contributed by atoms with Crippen LogP contribution in [0.25, 0.3) is 10.9 Å². The van der Waals surface area contributed by atoms with E-state index in [0.717, 1.165) is 27.6 Å². The molecule has 9 nitrogen and oxygen atoms in total. The molecule has 45 heavy (non-hydrogen) atoms. The fraction of sp³-hybridized carbons (Fsp3) is 0.361. The Morgan fingerprint density at radius 1 is 0.911 bits per heavy atom. The van der Waals surface area contributed by atoms with Gasteiger partial charge in [-0.25, -0.2) is 4.79 Å². The number of nitrogens with one attached hydrogen (secondary N) is 2. The number of likely N-dealkylation sites (tertiary alicyclic amines) is 1. The number of esters is 1. The number of carboxylic acids is 1. The third kappa shape index (κ3) is 8.38. The number of para-hydroxylation sites is 1. The Kier molecular flexibility index (Phi) is 11.0. The van der Waals surface area contributed by atoms with Crippen LogP contribution in [0.4, 0.5) is 0 Å². The first-order chi connectivity index (χ1) is 21.9. The van der Waals surface area contributed by atoms with Gasteiger partial charge in [-0.3, -0.25) is 14.9 Å². The van der Waals surface area contributed by atoms with Crippen molar-refractivity contribution in [2.45, 2.75) is 69.9 Å². The minimum absolute atomic E-state index is 0.155. The number of fused-ring (bicyclic) bond motifs is 1. The Morgan fingerprint density at radius 2 is 1.58 bits per heavy atom. The van der Waals surface area contributed by atoms with Crippen molar-refractivity contribution in [1.82, 2.24) is 15.2 Å². The van der Waals surface area contributed by atoms with Crippen molar-refractivity contribution in [2.75, 3.05) is 13.2 Å². The third-order valence-electron chi connectivity index (χ3n) is 8.37. The molecule has 4 atom stereocenters. The summed E-state index contributed by atoms with van der Waals surface area (Å²) >= 11 is 0. The van der Waals surface area contributed by atoms with Crippen LogP contribution in [0.3, 0.4) is 0 Å². The van der Waals surface area contributed by atoms with Gasteiger partial charge in [-0.2, -0.15) is 0 Å². The zero-order valence-electron chi connectivity index (χ0n) is 25.6. The van der Waals surface area contributed by atoms with Gasteiger partial charge in [0.05, 0.1) is 25.4 Å². The Labute approximate surface area is 263 Å². The van der Waals surface area contributed by atoms with E-state index in [1.165, 1.54) is 4.90 Å². The highest BCUT2D eigenvalue weighted by atomic mass is 16.5. The second kappa shape index (κ2) is 15.5. The van der Waals surface area contributed by atoms with Crippen LogP contribution in [-0.4, -0.2) is 70.2 Å². The molecule has 0 spiro atoms. The maximum absolute atomic E-state index is 14.3. The zero-order valence-corrected chi connectivity index (χ0v) is 25.6. The lowest BCUT2D eigenvalue weighted by atomic mass is 10.00. The Hall–Kier alpha value is -4.47. The molecule has 1 amide bonds. The van der Waals surface area contributed by atoms with Crippen molar-refractivity contribution in [1.29, 1.82) is 0 Å². The van der Waals surface area contributed by atoms with Crippen LogP contribution in [0.2, 0.25) is 0 Å². The monoisotopic (exact) mass is 611 g/mol. The number of rotatable bonds is 15. The molecule has 0 radical (unpaired) electrons. The summed E-state index contributed by atoms with van der Waals surface area (Å²) in [6.07, 6.45) is 3.64. The Morgan fingerprint density at radius 3 is 2.29 bits per heavy atom. The lowest BCUT2D eigenvalue weighted by Gasteiger charge is -2.30. The molecule has 0 saturated carbocycles. The molecule has 0 bridgehead atoms. The summed E-state index contributed by atoms with van der Waals surface area (Å²) in [4.78, 5) is 44.5. The van der Waals surface area contributed by atoms with Crippen LogP contribution in [0.5, 0.6) is 0 Å². The van der Waals surface area contributed by atoms with Crippen LogP contribution in [0, 0.1) is 0 Å². The largest absolute Gasteiger partial charge is 0.480 e. The molecule has 1 aliphatic heterocycles. The average molecular weight is 612 g/mol. The van der Waals surface area contributed by atoms with Crippen LogP contribution in [-0.2, 0) is 43.3 Å². The van der Waals surface area contributed by atoms with E-state index in [2.05, 4.69) is 10.3 Å². The molecule has 1 saturated heterocycles. The van der Waals surface area contributed by atoms with Crippen molar-refractivity contribution < 1.29 is 29.0 Å². The lowest BCUT2D eigenvalue weighted by Crippen LogP contribution is -2.54. The van der Waals surface area contributed by atoms with Crippen LogP contribution >= 0.6 is 0 Å². The summed E-state index contributed by atoms with van der Waals surface area (Å²) in [5.74, 6) is -1.86. The maximum atomic E-state index is 14.3. The fourth-order valence-electron chi connectivity index (χ4n) is 6.01. The number of H-pyrrole nitrogens is 1. The van der Waals surface area contributed by atoms with Gasteiger partial charge in [0.1, 0.15) is 12.1 Å². The highest BCUT2D eigenvalue weighted by molar-refractivity contribution is 5.89. The van der Waals surface area contributed by atoms with Gasteiger partial charge in [0.15, 0.2) is 0 Å². The summed E-state index contributed by atoms with van der Waals surface area (Å²) in [5.41, 5.74) is 4.09. The fourth-order valence-corrected chi connectivity index (χ4v) is 6.01. The van der Waals surface area contributed by atoms with Gasteiger partial charge in [-0.15, -0.1) is 0 Å². The molecule has 1 aliphatic rings. The van der Waals surface area contributed by atoms with Crippen LogP contribution < -0.4 is 5.32 Å². The second-order valence-corrected chi connectivity index (χ2v) is 11.4. The number of nitrogens with zero attached hydrogens (tertiary/aromatic N) is 1. The first kappa shape index (κ1) is 31.9. The number of aromatic amines is 1. The Bertz CT molecular complexity index is 1560. The van der Waals surface area contributed by atoms with E-state index in [-0.39, 0.29) is 25.5 Å². The van der Waals surface area contributed by atoms with E-state index in [0.29, 0.717) is 32.3 Å². The van der Waals surface area contributed by atoms with Crippen LogP contribution in [0.15, 0.2) is 91.1 Å². The molecule has 3 N–H and O–H groups in total. The summed E-state index contributed by atoms with van der Waals surface area (Å²) in [6, 6.07) is 24.9. The predicted octanol–water partition coefficient (Wildman–Crippen LogP) is 4.89. The number of carbonyl (C=O) groups is 3. The van der Waals surface area contributed by atoms with E-state index >= 15 is 0 Å². The number of hydrogen-bond donors (Lipinski definition) is 3. The van der Waals surface area contributed by atoms with Gasteiger partial charge in [0.25, 0.3) is 0 Å². The van der Waals surface area contributed by atoms with E-state index in [4.69, 9.17) is 9.47 Å². The summed E-state index contributed by atoms with van der Waals surface area (Å²) < 4.78 is 11.5. The molecule has 3 unspecified atom stereocenters. The van der Waals surface area contributed by atoms with Gasteiger partial charge in [-0.05, 0) is 55.4 Å². The smallest absolute Gasteiger partial charge is 0.326 e. The van der Waals surface area contributed by atoms with Crippen molar-refractivity contribution in [3.05, 3.63) is 108 Å². The summed E-state index contributed by atoms with van der Waals surface area (Å²) in [5, 5.41) is 14.5. The van der Waals surface area contributed by atoms with Crippen molar-refractivity contribution in [3.8, 4) is 0 Å². The van der Waals surface area contributed by atoms with E-state index in [1.807, 2.05) is 91.1 Å². The third-order valence-corrected chi connectivity index (χ3v) is 8.37. The summed E-state index contributed by atoms with van der Waals surface area (Å²) in [7, 11) is 0. The quantitative estimate of drug-likeness (QED) is 0.164. The summed E-state index contributed by atoms with van der Waals surface area (Å²) in [6.45, 7) is 2.45. The first-order valence-electron chi connectivity index (χ1n) is 15.6. The Balaban J connectivity index is 1.36. The van der Waals surface area contributed by atoms with Crippen molar-refractivity contribution in [2.24, 2.45) is 0 Å². The molecule has 2 heterocycles. The van der Waals surface area contributed by atoms with E-state index in [9.17, 15) is 19.5 Å². The number of benzene rings is 3. The molecule has 5 rings (SSSR count). The van der Waals surface area contributed by atoms with E-state index < -0.39 is 36.2 Å². The first-order valence-corrected chi connectivity index (χ1v) is 15.6. The maximum Gasteiger partial charge on any atom is 0.326 e. The highest BCUT2D eigenvalue weighted by Crippen LogP contribution is 2.25. The van der Waals surface area contributed by atoms with Gasteiger partial charge in [0, 0.05) is 30.1 Å². The normalized spacial score (nSPS) is 17.7. The molecular weight excluding hydrogens is 570 g/mol. The number of amides is 1. The molecule has 0 aliphatic carbocycles. The molecule has 1 aromatic heterocycles. The SMILES string of the molecule is CCOC(=O)C(CCc1ccccc1)NC(CCc1c[nH]c2ccccc12)C(=O)N1CC(OCc2ccccc2)C[C@H]1C(=O)O. The lowest BCUT2D eigenvalue weighted by molar-refractivity contribution is -0.150.